The molecule has 0 N–H and O–H groups in total. The molecule has 0 unspecified atom stereocenters. The Morgan fingerprint density at radius 3 is 2.48 bits per heavy atom. The first kappa shape index (κ1) is 15.3. The molecule has 116 valence electrons. The number of pyridine rings is 1. The number of hydrogen-bond acceptors (Lipinski definition) is 2. The first-order valence-electron chi connectivity index (χ1n) is 8.47. The van der Waals surface area contributed by atoms with Crippen molar-refractivity contribution in [3.8, 4) is 0 Å². The van der Waals surface area contributed by atoms with E-state index in [0.29, 0.717) is 5.41 Å². The Bertz CT molecular complexity index is 533. The highest BCUT2D eigenvalue weighted by Crippen LogP contribution is 2.47. The van der Waals surface area contributed by atoms with Crippen molar-refractivity contribution in [3.05, 3.63) is 21.4 Å². The summed E-state index contributed by atoms with van der Waals surface area (Å²) in [6.45, 7) is 9.00. The zero-order valence-electron chi connectivity index (χ0n) is 13.6. The van der Waals surface area contributed by atoms with E-state index in [9.17, 15) is 0 Å². The molecule has 0 aromatic carbocycles. The van der Waals surface area contributed by atoms with Crippen LogP contribution < -0.4 is 4.90 Å². The van der Waals surface area contributed by atoms with Gasteiger partial charge in [0.25, 0.3) is 0 Å². The number of aryl methyl sites for hydroxylation is 2. The minimum absolute atomic E-state index is 0.605. The molecular formula is C18H27BrN2. The monoisotopic (exact) mass is 350 g/mol. The second-order valence-electron chi connectivity index (χ2n) is 7.01. The van der Waals surface area contributed by atoms with Crippen LogP contribution in [0.2, 0.25) is 0 Å². The van der Waals surface area contributed by atoms with Crippen LogP contribution in [0.5, 0.6) is 0 Å². The number of rotatable bonds is 2. The highest BCUT2D eigenvalue weighted by atomic mass is 79.9. The molecule has 1 aromatic heterocycles. The summed E-state index contributed by atoms with van der Waals surface area (Å²) in [5, 5.41) is 0. The van der Waals surface area contributed by atoms with Gasteiger partial charge in [0, 0.05) is 18.8 Å². The first-order valence-corrected chi connectivity index (χ1v) is 9.26. The van der Waals surface area contributed by atoms with Crippen LogP contribution in [0.15, 0.2) is 4.47 Å². The van der Waals surface area contributed by atoms with E-state index in [0.717, 1.165) is 12.1 Å². The van der Waals surface area contributed by atoms with Gasteiger partial charge in [-0.25, -0.2) is 0 Å². The summed E-state index contributed by atoms with van der Waals surface area (Å²) in [5.74, 6) is 0. The maximum atomic E-state index is 4.71. The maximum absolute atomic E-state index is 4.71. The minimum atomic E-state index is 0.605. The van der Waals surface area contributed by atoms with Gasteiger partial charge in [-0.1, -0.05) is 26.2 Å². The topological polar surface area (TPSA) is 16.1 Å². The van der Waals surface area contributed by atoms with Crippen molar-refractivity contribution >= 4 is 21.6 Å². The van der Waals surface area contributed by atoms with Gasteiger partial charge in [0.05, 0.1) is 15.9 Å². The van der Waals surface area contributed by atoms with Crippen LogP contribution in [0.4, 0.5) is 5.69 Å². The quantitative estimate of drug-likeness (QED) is 0.729. The Hall–Kier alpha value is -0.570. The highest BCUT2D eigenvalue weighted by Gasteiger charge is 2.40. The molecule has 21 heavy (non-hydrogen) atoms. The average Bonchev–Trinajstić information content (AvgIpc) is 2.86. The largest absolute Gasteiger partial charge is 0.370 e. The molecule has 3 rings (SSSR count). The van der Waals surface area contributed by atoms with Gasteiger partial charge in [-0.15, -0.1) is 0 Å². The third-order valence-electron chi connectivity index (χ3n) is 5.61. The van der Waals surface area contributed by atoms with Crippen LogP contribution in [0.1, 0.15) is 62.4 Å². The average molecular weight is 351 g/mol. The van der Waals surface area contributed by atoms with E-state index in [1.807, 2.05) is 0 Å². The summed E-state index contributed by atoms with van der Waals surface area (Å²) in [4.78, 5) is 7.36. The minimum Gasteiger partial charge on any atom is -0.370 e. The van der Waals surface area contributed by atoms with E-state index < -0.39 is 0 Å². The Labute approximate surface area is 137 Å². The second-order valence-corrected chi connectivity index (χ2v) is 7.80. The molecule has 0 radical (unpaired) electrons. The Balaban J connectivity index is 1.94. The highest BCUT2D eigenvalue weighted by molar-refractivity contribution is 9.10. The van der Waals surface area contributed by atoms with Gasteiger partial charge in [-0.05, 0) is 66.4 Å². The van der Waals surface area contributed by atoms with Gasteiger partial charge >= 0.3 is 0 Å². The van der Waals surface area contributed by atoms with Gasteiger partial charge in [0.1, 0.15) is 0 Å². The molecule has 2 fully saturated rings. The molecule has 0 amide bonds. The van der Waals surface area contributed by atoms with Crippen LogP contribution in [0.25, 0.3) is 0 Å². The summed E-state index contributed by atoms with van der Waals surface area (Å²) in [6, 6.07) is 0. The molecule has 1 saturated carbocycles. The predicted molar refractivity (Wildman–Crippen MR) is 93.1 cm³/mol. The van der Waals surface area contributed by atoms with E-state index in [4.69, 9.17) is 4.98 Å². The summed E-state index contributed by atoms with van der Waals surface area (Å²) < 4.78 is 1.22. The van der Waals surface area contributed by atoms with Crippen LogP contribution in [0.3, 0.4) is 0 Å². The van der Waals surface area contributed by atoms with Gasteiger partial charge in [0.2, 0.25) is 0 Å². The predicted octanol–water partition coefficient (Wildman–Crippen LogP) is 5.18. The number of hydrogen-bond donors (Lipinski definition) is 0. The van der Waals surface area contributed by atoms with Gasteiger partial charge < -0.3 is 4.90 Å². The van der Waals surface area contributed by atoms with Gasteiger partial charge in [0.15, 0.2) is 0 Å². The number of aromatic nitrogens is 1. The van der Waals surface area contributed by atoms with Crippen molar-refractivity contribution < 1.29 is 0 Å². The van der Waals surface area contributed by atoms with E-state index >= 15 is 0 Å². The van der Waals surface area contributed by atoms with Gasteiger partial charge in [-0.2, -0.15) is 0 Å². The number of anilines is 1. The van der Waals surface area contributed by atoms with Crippen molar-refractivity contribution in [3.63, 3.8) is 0 Å². The standard InChI is InChI=1S/C18H27BrN2/c1-4-15-13(2)20-14(3)16(19)17(15)21-11-10-18(12-21)8-6-5-7-9-18/h4-12H2,1-3H3. The fraction of sp³-hybridized carbons (Fsp3) is 0.722. The van der Waals surface area contributed by atoms with Crippen LogP contribution in [-0.4, -0.2) is 18.1 Å². The first-order chi connectivity index (χ1) is 10.1. The Morgan fingerprint density at radius 1 is 1.10 bits per heavy atom. The second kappa shape index (κ2) is 5.91. The summed E-state index contributed by atoms with van der Waals surface area (Å²) in [7, 11) is 0. The summed E-state index contributed by atoms with van der Waals surface area (Å²) >= 11 is 3.82. The summed E-state index contributed by atoms with van der Waals surface area (Å²) in [5.41, 5.74) is 5.81. The molecule has 1 aliphatic carbocycles. The molecule has 3 heteroatoms. The molecule has 2 aliphatic rings. The molecule has 1 spiro atoms. The van der Waals surface area contributed by atoms with Gasteiger partial charge in [-0.3, -0.25) is 4.98 Å². The zero-order chi connectivity index (χ0) is 15.0. The molecule has 1 aromatic rings. The Morgan fingerprint density at radius 2 is 1.81 bits per heavy atom. The lowest BCUT2D eigenvalue weighted by molar-refractivity contribution is 0.219. The van der Waals surface area contributed by atoms with Crippen LogP contribution in [-0.2, 0) is 6.42 Å². The van der Waals surface area contributed by atoms with Crippen LogP contribution in [0, 0.1) is 19.3 Å². The third-order valence-corrected chi connectivity index (χ3v) is 6.56. The lowest BCUT2D eigenvalue weighted by atomic mass is 9.73. The molecule has 1 saturated heterocycles. The number of halogens is 1. The zero-order valence-corrected chi connectivity index (χ0v) is 15.2. The van der Waals surface area contributed by atoms with Crippen molar-refractivity contribution in [2.45, 2.75) is 65.7 Å². The maximum Gasteiger partial charge on any atom is 0.0624 e. The fourth-order valence-corrected chi connectivity index (χ4v) is 5.01. The van der Waals surface area contributed by atoms with Crippen LogP contribution >= 0.6 is 15.9 Å². The Kier molecular flexibility index (Phi) is 4.31. The van der Waals surface area contributed by atoms with Crippen molar-refractivity contribution in [2.24, 2.45) is 5.41 Å². The molecule has 0 atom stereocenters. The molecule has 2 nitrogen and oxygen atoms in total. The van der Waals surface area contributed by atoms with E-state index in [2.05, 4.69) is 41.6 Å². The normalized spacial score (nSPS) is 21.2. The molecule has 2 heterocycles. The van der Waals surface area contributed by atoms with E-state index in [-0.39, 0.29) is 0 Å². The molecule has 1 aliphatic heterocycles. The lowest BCUT2D eigenvalue weighted by Gasteiger charge is -2.34. The molecule has 0 bridgehead atoms. The van der Waals surface area contributed by atoms with Crippen molar-refractivity contribution in [1.82, 2.24) is 4.98 Å². The van der Waals surface area contributed by atoms with Crippen molar-refractivity contribution in [1.29, 1.82) is 0 Å². The lowest BCUT2D eigenvalue weighted by Crippen LogP contribution is -2.30. The third kappa shape index (κ3) is 2.74. The summed E-state index contributed by atoms with van der Waals surface area (Å²) in [6.07, 6.45) is 9.63. The van der Waals surface area contributed by atoms with Crippen molar-refractivity contribution in [2.75, 3.05) is 18.0 Å². The number of nitrogens with zero attached hydrogens (tertiary/aromatic N) is 2. The van der Waals surface area contributed by atoms with E-state index in [1.165, 1.54) is 73.0 Å². The fourth-order valence-electron chi connectivity index (χ4n) is 4.43. The SMILES string of the molecule is CCc1c(C)nc(C)c(Br)c1N1CCC2(CCCCC2)C1. The molecular weight excluding hydrogens is 324 g/mol. The smallest absolute Gasteiger partial charge is 0.0624 e. The van der Waals surface area contributed by atoms with E-state index in [1.54, 1.807) is 0 Å².